The third-order valence-corrected chi connectivity index (χ3v) is 2.35. The van der Waals surface area contributed by atoms with Crippen LogP contribution in [0.15, 0.2) is 29.4 Å². The monoisotopic (exact) mass is 237 g/mol. The number of para-hydroxylation sites is 1. The number of hydrogen-bond acceptors (Lipinski definition) is 5. The van der Waals surface area contributed by atoms with Crippen molar-refractivity contribution in [1.29, 1.82) is 0 Å². The highest BCUT2D eigenvalue weighted by Crippen LogP contribution is 2.15. The van der Waals surface area contributed by atoms with Crippen LogP contribution in [0, 0.1) is 0 Å². The lowest BCUT2D eigenvalue weighted by Crippen LogP contribution is -2.14. The Kier molecular flexibility index (Phi) is 2.65. The molecule has 0 aliphatic heterocycles. The maximum Gasteiger partial charge on any atom is 0.211 e. The number of thiol groups is 1. The Bertz CT molecular complexity index is 507. The lowest BCUT2D eigenvalue weighted by atomic mass is 10.2. The zero-order valence-corrected chi connectivity index (χ0v) is 9.24. The molecule has 0 saturated heterocycles. The predicted octanol–water partition coefficient (Wildman–Crippen LogP) is 0.585. The van der Waals surface area contributed by atoms with Crippen LogP contribution in [-0.4, -0.2) is 25.2 Å². The molecule has 0 amide bonds. The van der Waals surface area contributed by atoms with Gasteiger partial charge in [0, 0.05) is 5.56 Å². The Morgan fingerprint density at radius 2 is 2.13 bits per heavy atom. The van der Waals surface area contributed by atoms with Crippen molar-refractivity contribution in [2.45, 2.75) is 5.16 Å². The number of aromatic nitrogens is 4. The summed E-state index contributed by atoms with van der Waals surface area (Å²) in [4.78, 5) is 0.300. The molecule has 0 aliphatic carbocycles. The number of tetrazole rings is 1. The van der Waals surface area contributed by atoms with Crippen LogP contribution in [0.4, 0.5) is 0 Å². The molecule has 0 saturated carbocycles. The van der Waals surface area contributed by atoms with E-state index in [0.717, 1.165) is 11.3 Å². The summed E-state index contributed by atoms with van der Waals surface area (Å²) in [6, 6.07) is 7.34. The molecule has 2 rings (SSSR count). The van der Waals surface area contributed by atoms with E-state index in [4.69, 9.17) is 18.0 Å². The zero-order chi connectivity index (χ0) is 10.8. The minimum absolute atomic E-state index is 0.300. The fourth-order valence-electron chi connectivity index (χ4n) is 1.20. The molecule has 1 heterocycles. The highest BCUT2D eigenvalue weighted by Gasteiger charge is 2.10. The number of hydrogen-bond donors (Lipinski definition) is 2. The lowest BCUT2D eigenvalue weighted by molar-refractivity contribution is 0.757. The summed E-state index contributed by atoms with van der Waals surface area (Å²) in [7, 11) is 0. The van der Waals surface area contributed by atoms with Crippen molar-refractivity contribution in [2.75, 3.05) is 0 Å². The van der Waals surface area contributed by atoms with Crippen molar-refractivity contribution in [1.82, 2.24) is 20.2 Å². The first-order chi connectivity index (χ1) is 7.20. The first-order valence-corrected chi connectivity index (χ1v) is 4.92. The number of benzene rings is 1. The predicted molar refractivity (Wildman–Crippen MR) is 62.3 cm³/mol. The van der Waals surface area contributed by atoms with Crippen LogP contribution in [0.5, 0.6) is 0 Å². The summed E-state index contributed by atoms with van der Waals surface area (Å²) in [6.45, 7) is 0. The van der Waals surface area contributed by atoms with E-state index in [-0.39, 0.29) is 0 Å². The van der Waals surface area contributed by atoms with Crippen LogP contribution in [0.25, 0.3) is 5.69 Å². The van der Waals surface area contributed by atoms with Gasteiger partial charge < -0.3 is 5.73 Å². The Morgan fingerprint density at radius 1 is 1.40 bits per heavy atom. The maximum atomic E-state index is 5.60. The minimum atomic E-state index is 0.300. The topological polar surface area (TPSA) is 69.6 Å². The summed E-state index contributed by atoms with van der Waals surface area (Å²) in [5.74, 6) is 0. The molecule has 0 unspecified atom stereocenters. The van der Waals surface area contributed by atoms with Gasteiger partial charge in [0.1, 0.15) is 4.99 Å². The highest BCUT2D eigenvalue weighted by molar-refractivity contribution is 7.80. The van der Waals surface area contributed by atoms with Gasteiger partial charge in [-0.05, 0) is 22.6 Å². The van der Waals surface area contributed by atoms with Crippen molar-refractivity contribution in [3.05, 3.63) is 29.8 Å². The van der Waals surface area contributed by atoms with E-state index in [0.29, 0.717) is 10.1 Å². The van der Waals surface area contributed by atoms with E-state index in [1.165, 1.54) is 4.68 Å². The van der Waals surface area contributed by atoms with Crippen molar-refractivity contribution in [3.63, 3.8) is 0 Å². The molecule has 0 spiro atoms. The summed E-state index contributed by atoms with van der Waals surface area (Å²) in [5, 5.41) is 11.4. The van der Waals surface area contributed by atoms with Crippen LogP contribution < -0.4 is 5.73 Å². The van der Waals surface area contributed by atoms with Gasteiger partial charge in [-0.15, -0.1) is 17.7 Å². The first-order valence-electron chi connectivity index (χ1n) is 4.06. The molecule has 2 aromatic rings. The average molecular weight is 237 g/mol. The molecule has 2 N–H and O–H groups in total. The standard InChI is InChI=1S/C8H7N5S2/c9-7(14)5-3-1-2-4-6(5)13-8(15)10-11-12-13/h1-4H,(H2,9,14)(H,10,12,15). The molecule has 1 aromatic heterocycles. The molecule has 15 heavy (non-hydrogen) atoms. The summed E-state index contributed by atoms with van der Waals surface area (Å²) in [5.41, 5.74) is 7.04. The van der Waals surface area contributed by atoms with Crippen molar-refractivity contribution >= 4 is 29.8 Å². The molecule has 0 atom stereocenters. The van der Waals surface area contributed by atoms with Gasteiger partial charge in [0.05, 0.1) is 5.69 Å². The van der Waals surface area contributed by atoms with Gasteiger partial charge in [0.25, 0.3) is 0 Å². The van der Waals surface area contributed by atoms with Crippen LogP contribution in [0.3, 0.4) is 0 Å². The number of thiocarbonyl (C=S) groups is 1. The fraction of sp³-hybridized carbons (Fsp3) is 0. The van der Waals surface area contributed by atoms with Crippen molar-refractivity contribution in [3.8, 4) is 5.69 Å². The third kappa shape index (κ3) is 1.83. The van der Waals surface area contributed by atoms with E-state index >= 15 is 0 Å². The van der Waals surface area contributed by atoms with E-state index in [1.54, 1.807) is 0 Å². The number of nitrogens with zero attached hydrogens (tertiary/aromatic N) is 4. The van der Waals surface area contributed by atoms with Gasteiger partial charge in [-0.2, -0.15) is 4.68 Å². The Morgan fingerprint density at radius 3 is 2.73 bits per heavy atom. The first kappa shape index (κ1) is 10.1. The quantitative estimate of drug-likeness (QED) is 0.591. The Balaban J connectivity index is 2.63. The Hall–Kier alpha value is -1.47. The molecule has 5 nitrogen and oxygen atoms in total. The van der Waals surface area contributed by atoms with Gasteiger partial charge in [-0.25, -0.2) is 0 Å². The summed E-state index contributed by atoms with van der Waals surface area (Å²) in [6.07, 6.45) is 0. The second-order valence-corrected chi connectivity index (χ2v) is 3.61. The van der Waals surface area contributed by atoms with E-state index in [9.17, 15) is 0 Å². The highest BCUT2D eigenvalue weighted by atomic mass is 32.1. The SMILES string of the molecule is NC(=S)c1ccccc1-n1nnnc1S. The van der Waals surface area contributed by atoms with Gasteiger partial charge in [-0.3, -0.25) is 0 Å². The number of rotatable bonds is 2. The van der Waals surface area contributed by atoms with Gasteiger partial charge in [-0.1, -0.05) is 24.4 Å². The van der Waals surface area contributed by atoms with E-state index in [1.807, 2.05) is 24.3 Å². The molecule has 0 bridgehead atoms. The van der Waals surface area contributed by atoms with Gasteiger partial charge >= 0.3 is 0 Å². The summed E-state index contributed by atoms with van der Waals surface area (Å²) < 4.78 is 1.47. The molecule has 0 radical (unpaired) electrons. The maximum absolute atomic E-state index is 5.60. The zero-order valence-electron chi connectivity index (χ0n) is 7.53. The molecular formula is C8H7N5S2. The van der Waals surface area contributed by atoms with Gasteiger partial charge in [0.15, 0.2) is 0 Å². The van der Waals surface area contributed by atoms with Crippen LogP contribution in [0.1, 0.15) is 5.56 Å². The minimum Gasteiger partial charge on any atom is -0.389 e. The largest absolute Gasteiger partial charge is 0.389 e. The van der Waals surface area contributed by atoms with Crippen molar-refractivity contribution in [2.24, 2.45) is 5.73 Å². The smallest absolute Gasteiger partial charge is 0.211 e. The molecule has 76 valence electrons. The van der Waals surface area contributed by atoms with E-state index < -0.39 is 0 Å². The third-order valence-electron chi connectivity index (χ3n) is 1.85. The molecule has 1 aromatic carbocycles. The molecular weight excluding hydrogens is 230 g/mol. The van der Waals surface area contributed by atoms with Crippen molar-refractivity contribution < 1.29 is 0 Å². The second-order valence-electron chi connectivity index (χ2n) is 2.77. The van der Waals surface area contributed by atoms with Crippen LogP contribution >= 0.6 is 24.8 Å². The number of nitrogens with two attached hydrogens (primary N) is 1. The average Bonchev–Trinajstić information content (AvgIpc) is 2.64. The van der Waals surface area contributed by atoms with Crippen LogP contribution in [-0.2, 0) is 0 Å². The Labute approximate surface area is 96.7 Å². The lowest BCUT2D eigenvalue weighted by Gasteiger charge is -2.06. The van der Waals surface area contributed by atoms with Crippen LogP contribution in [0.2, 0.25) is 0 Å². The van der Waals surface area contributed by atoms with Gasteiger partial charge in [0.2, 0.25) is 5.16 Å². The summed E-state index contributed by atoms with van der Waals surface area (Å²) >= 11 is 9.06. The molecule has 0 aliphatic rings. The fourth-order valence-corrected chi connectivity index (χ4v) is 1.57. The molecule has 7 heteroatoms. The van der Waals surface area contributed by atoms with E-state index in [2.05, 4.69) is 28.2 Å². The molecule has 0 fully saturated rings. The normalized spacial score (nSPS) is 10.2. The second kappa shape index (κ2) is 3.95.